The predicted octanol–water partition coefficient (Wildman–Crippen LogP) is 2.07. The van der Waals surface area contributed by atoms with Crippen LogP contribution in [0.3, 0.4) is 0 Å². The first kappa shape index (κ1) is 14.7. The van der Waals surface area contributed by atoms with Crippen LogP contribution in [0.4, 0.5) is 4.39 Å². The fourth-order valence-corrected chi connectivity index (χ4v) is 1.63. The first-order valence-electron chi connectivity index (χ1n) is 6.08. The molecular formula is C14H20FNO2. The van der Waals surface area contributed by atoms with Crippen LogP contribution in [-0.4, -0.2) is 42.9 Å². The molecule has 0 aliphatic heterocycles. The maximum atomic E-state index is 12.7. The molecule has 0 aliphatic carbocycles. The fourth-order valence-electron chi connectivity index (χ4n) is 1.63. The van der Waals surface area contributed by atoms with Gasteiger partial charge in [-0.15, -0.1) is 6.58 Å². The van der Waals surface area contributed by atoms with E-state index in [9.17, 15) is 4.39 Å². The molecule has 0 aliphatic rings. The second kappa shape index (κ2) is 8.66. The van der Waals surface area contributed by atoms with Crippen molar-refractivity contribution in [3.8, 4) is 5.75 Å². The topological polar surface area (TPSA) is 32.7 Å². The second-order valence-corrected chi connectivity index (χ2v) is 3.97. The van der Waals surface area contributed by atoms with Crippen molar-refractivity contribution in [2.75, 3.05) is 32.8 Å². The van der Waals surface area contributed by atoms with Gasteiger partial charge in [0.2, 0.25) is 0 Å². The quantitative estimate of drug-likeness (QED) is 0.540. The van der Waals surface area contributed by atoms with Gasteiger partial charge >= 0.3 is 0 Å². The molecule has 3 nitrogen and oxygen atoms in total. The summed E-state index contributed by atoms with van der Waals surface area (Å²) in [6.45, 7) is 6.64. The Labute approximate surface area is 107 Å². The van der Waals surface area contributed by atoms with Gasteiger partial charge in [0.05, 0.1) is 13.2 Å². The van der Waals surface area contributed by atoms with Crippen molar-refractivity contribution < 1.29 is 14.2 Å². The molecule has 18 heavy (non-hydrogen) atoms. The smallest absolute Gasteiger partial charge is 0.123 e. The highest BCUT2D eigenvalue weighted by atomic mass is 19.1. The minimum absolute atomic E-state index is 0.145. The number of rotatable bonds is 9. The molecule has 4 heteroatoms. The number of ether oxygens (including phenoxy) is 1. The predicted molar refractivity (Wildman–Crippen MR) is 70.2 cm³/mol. The van der Waals surface area contributed by atoms with Crippen LogP contribution in [0, 0.1) is 5.82 Å². The molecule has 0 saturated carbocycles. The normalized spacial score (nSPS) is 10.6. The highest BCUT2D eigenvalue weighted by Gasteiger charge is 2.02. The van der Waals surface area contributed by atoms with Crippen molar-refractivity contribution in [1.82, 2.24) is 4.90 Å². The Kier molecular flexibility index (Phi) is 7.06. The zero-order chi connectivity index (χ0) is 13.2. The van der Waals surface area contributed by atoms with Crippen molar-refractivity contribution in [3.63, 3.8) is 0 Å². The Balaban J connectivity index is 2.20. The molecule has 0 radical (unpaired) electrons. The molecule has 0 bridgehead atoms. The number of hydrogen-bond donors (Lipinski definition) is 1. The highest BCUT2D eigenvalue weighted by molar-refractivity contribution is 5.21. The maximum Gasteiger partial charge on any atom is 0.123 e. The van der Waals surface area contributed by atoms with Gasteiger partial charge in [0.15, 0.2) is 0 Å². The number of aliphatic hydroxyl groups is 1. The van der Waals surface area contributed by atoms with Gasteiger partial charge in [0.1, 0.15) is 11.6 Å². The van der Waals surface area contributed by atoms with Crippen molar-refractivity contribution in [1.29, 1.82) is 0 Å². The molecule has 100 valence electrons. The largest absolute Gasteiger partial charge is 0.494 e. The van der Waals surface area contributed by atoms with Gasteiger partial charge in [0.25, 0.3) is 0 Å². The molecule has 0 spiro atoms. The van der Waals surface area contributed by atoms with E-state index in [0.29, 0.717) is 18.9 Å². The Hall–Kier alpha value is -1.39. The van der Waals surface area contributed by atoms with Gasteiger partial charge in [-0.2, -0.15) is 0 Å². The van der Waals surface area contributed by atoms with Crippen molar-refractivity contribution in [3.05, 3.63) is 42.7 Å². The number of hydrogen-bond acceptors (Lipinski definition) is 3. The van der Waals surface area contributed by atoms with Gasteiger partial charge in [-0.25, -0.2) is 4.39 Å². The van der Waals surface area contributed by atoms with Crippen LogP contribution >= 0.6 is 0 Å². The third-order valence-corrected chi connectivity index (χ3v) is 2.50. The van der Waals surface area contributed by atoms with Crippen LogP contribution in [0.1, 0.15) is 6.42 Å². The van der Waals surface area contributed by atoms with Crippen LogP contribution in [-0.2, 0) is 0 Å². The van der Waals surface area contributed by atoms with Gasteiger partial charge in [0, 0.05) is 19.6 Å². The minimum Gasteiger partial charge on any atom is -0.494 e. The van der Waals surface area contributed by atoms with E-state index in [0.717, 1.165) is 19.5 Å². The van der Waals surface area contributed by atoms with Crippen molar-refractivity contribution >= 4 is 0 Å². The molecule has 0 fully saturated rings. The lowest BCUT2D eigenvalue weighted by Crippen LogP contribution is -2.29. The first-order chi connectivity index (χ1) is 8.76. The van der Waals surface area contributed by atoms with Gasteiger partial charge in [-0.1, -0.05) is 6.08 Å². The monoisotopic (exact) mass is 253 g/mol. The number of halogens is 1. The molecule has 0 unspecified atom stereocenters. The average molecular weight is 253 g/mol. The molecule has 1 rings (SSSR count). The van der Waals surface area contributed by atoms with E-state index >= 15 is 0 Å². The number of aliphatic hydroxyl groups excluding tert-OH is 1. The van der Waals surface area contributed by atoms with E-state index in [2.05, 4.69) is 11.5 Å². The molecule has 0 aromatic heterocycles. The standard InChI is InChI=1S/C14H20FNO2/c1-2-8-16(10-11-17)9-3-12-18-14-6-4-13(15)5-7-14/h2,4-7,17H,1,3,8-12H2. The third-order valence-electron chi connectivity index (χ3n) is 2.50. The molecule has 0 saturated heterocycles. The lowest BCUT2D eigenvalue weighted by molar-refractivity contribution is 0.195. The molecule has 1 N–H and O–H groups in total. The average Bonchev–Trinajstić information content (AvgIpc) is 2.37. The van der Waals surface area contributed by atoms with E-state index in [1.165, 1.54) is 12.1 Å². The number of nitrogens with zero attached hydrogens (tertiary/aromatic N) is 1. The van der Waals surface area contributed by atoms with Crippen LogP contribution in [0.25, 0.3) is 0 Å². The summed E-state index contributed by atoms with van der Waals surface area (Å²) in [6.07, 6.45) is 2.67. The third kappa shape index (κ3) is 5.80. The van der Waals surface area contributed by atoms with Crippen molar-refractivity contribution in [2.24, 2.45) is 0 Å². The zero-order valence-corrected chi connectivity index (χ0v) is 10.5. The Bertz CT molecular complexity index is 340. The lowest BCUT2D eigenvalue weighted by atomic mass is 10.3. The first-order valence-corrected chi connectivity index (χ1v) is 6.08. The summed E-state index contributed by atoms with van der Waals surface area (Å²) in [6, 6.07) is 5.99. The van der Waals surface area contributed by atoms with Gasteiger partial charge in [-0.3, -0.25) is 4.90 Å². The van der Waals surface area contributed by atoms with Crippen LogP contribution < -0.4 is 4.74 Å². The molecule has 0 amide bonds. The van der Waals surface area contributed by atoms with Gasteiger partial charge in [-0.05, 0) is 30.7 Å². The van der Waals surface area contributed by atoms with E-state index in [4.69, 9.17) is 9.84 Å². The minimum atomic E-state index is -0.262. The van der Waals surface area contributed by atoms with Gasteiger partial charge < -0.3 is 9.84 Å². The number of benzene rings is 1. The van der Waals surface area contributed by atoms with Crippen LogP contribution in [0.15, 0.2) is 36.9 Å². The Morgan fingerprint density at radius 2 is 2.00 bits per heavy atom. The van der Waals surface area contributed by atoms with E-state index in [1.807, 2.05) is 6.08 Å². The summed E-state index contributed by atoms with van der Waals surface area (Å²) >= 11 is 0. The molecule has 0 heterocycles. The maximum absolute atomic E-state index is 12.7. The fraction of sp³-hybridized carbons (Fsp3) is 0.429. The SMILES string of the molecule is C=CCN(CCO)CCCOc1ccc(F)cc1. The van der Waals surface area contributed by atoms with Crippen LogP contribution in [0.5, 0.6) is 5.75 Å². The molecular weight excluding hydrogens is 233 g/mol. The van der Waals surface area contributed by atoms with Crippen LogP contribution in [0.2, 0.25) is 0 Å². The summed E-state index contributed by atoms with van der Waals surface area (Å²) < 4.78 is 18.1. The Morgan fingerprint density at radius 1 is 1.28 bits per heavy atom. The van der Waals surface area contributed by atoms with E-state index in [1.54, 1.807) is 12.1 Å². The summed E-state index contributed by atoms with van der Waals surface area (Å²) in [5, 5.41) is 8.88. The van der Waals surface area contributed by atoms with Crippen molar-refractivity contribution in [2.45, 2.75) is 6.42 Å². The summed E-state index contributed by atoms with van der Waals surface area (Å²) in [5.74, 6) is 0.413. The van der Waals surface area contributed by atoms with E-state index < -0.39 is 0 Å². The Morgan fingerprint density at radius 3 is 2.61 bits per heavy atom. The molecule has 1 aromatic carbocycles. The summed E-state index contributed by atoms with van der Waals surface area (Å²) in [5.41, 5.74) is 0. The molecule has 0 atom stereocenters. The lowest BCUT2D eigenvalue weighted by Gasteiger charge is -2.19. The zero-order valence-electron chi connectivity index (χ0n) is 10.5. The second-order valence-electron chi connectivity index (χ2n) is 3.97. The summed E-state index contributed by atoms with van der Waals surface area (Å²) in [4.78, 5) is 2.10. The van der Waals surface area contributed by atoms with E-state index in [-0.39, 0.29) is 12.4 Å². The highest BCUT2D eigenvalue weighted by Crippen LogP contribution is 2.11. The summed E-state index contributed by atoms with van der Waals surface area (Å²) in [7, 11) is 0. The molecule has 1 aromatic rings.